The van der Waals surface area contributed by atoms with Gasteiger partial charge in [-0.2, -0.15) is 0 Å². The Morgan fingerprint density at radius 2 is 2.33 bits per heavy atom. The van der Waals surface area contributed by atoms with Crippen molar-refractivity contribution in [3.8, 4) is 0 Å². The van der Waals surface area contributed by atoms with Crippen molar-refractivity contribution in [2.45, 2.75) is 38.8 Å². The number of hydrogen-bond acceptors (Lipinski definition) is 3. The first-order valence-corrected chi connectivity index (χ1v) is 5.68. The van der Waals surface area contributed by atoms with Crippen molar-refractivity contribution in [1.29, 1.82) is 0 Å². The lowest BCUT2D eigenvalue weighted by Gasteiger charge is -2.20. The lowest BCUT2D eigenvalue weighted by molar-refractivity contribution is 0.0660. The molecular formula is C12H19NO2. The summed E-state index contributed by atoms with van der Waals surface area (Å²) < 4.78 is 11.3. The van der Waals surface area contributed by atoms with Gasteiger partial charge in [-0.1, -0.05) is 13.8 Å². The third-order valence-corrected chi connectivity index (χ3v) is 3.16. The fourth-order valence-electron chi connectivity index (χ4n) is 2.10. The Kier molecular flexibility index (Phi) is 3.12. The second kappa shape index (κ2) is 4.37. The van der Waals surface area contributed by atoms with E-state index in [9.17, 15) is 0 Å². The van der Waals surface area contributed by atoms with Crippen molar-refractivity contribution < 1.29 is 9.15 Å². The summed E-state index contributed by atoms with van der Waals surface area (Å²) in [6.07, 6.45) is 2.12. The molecule has 1 aromatic rings. The Bertz CT molecular complexity index is 321. The number of aryl methyl sites for hydroxylation is 1. The molecule has 1 aliphatic heterocycles. The third-order valence-electron chi connectivity index (χ3n) is 3.16. The summed E-state index contributed by atoms with van der Waals surface area (Å²) in [7, 11) is 0. The Morgan fingerprint density at radius 1 is 1.53 bits per heavy atom. The first-order valence-electron chi connectivity index (χ1n) is 5.68. The molecule has 1 saturated heterocycles. The van der Waals surface area contributed by atoms with E-state index < -0.39 is 0 Å². The number of hydrogen-bond donors (Lipinski definition) is 1. The van der Waals surface area contributed by atoms with Crippen molar-refractivity contribution in [1.82, 2.24) is 0 Å². The van der Waals surface area contributed by atoms with Crippen LogP contribution in [0, 0.1) is 5.92 Å². The highest BCUT2D eigenvalue weighted by Gasteiger charge is 2.32. The van der Waals surface area contributed by atoms with Crippen LogP contribution in [0.4, 0.5) is 0 Å². The molecule has 0 amide bonds. The van der Waals surface area contributed by atoms with Crippen LogP contribution in [0.15, 0.2) is 16.5 Å². The van der Waals surface area contributed by atoms with Crippen molar-refractivity contribution in [2.24, 2.45) is 11.7 Å². The Labute approximate surface area is 90.6 Å². The van der Waals surface area contributed by atoms with E-state index in [-0.39, 0.29) is 12.1 Å². The molecule has 15 heavy (non-hydrogen) atoms. The SMILES string of the molecule is CCc1ccc(C(N)C2OCCC2C)o1. The van der Waals surface area contributed by atoms with E-state index in [2.05, 4.69) is 13.8 Å². The standard InChI is InChI=1S/C12H19NO2/c1-3-9-4-5-10(15-9)11(13)12-8(2)6-7-14-12/h4-5,8,11-12H,3,6-7,13H2,1-2H3. The molecule has 3 unspecified atom stereocenters. The van der Waals surface area contributed by atoms with Crippen molar-refractivity contribution >= 4 is 0 Å². The number of ether oxygens (including phenoxy) is 1. The molecule has 3 nitrogen and oxygen atoms in total. The van der Waals surface area contributed by atoms with E-state index in [4.69, 9.17) is 14.9 Å². The molecular weight excluding hydrogens is 190 g/mol. The van der Waals surface area contributed by atoms with Gasteiger partial charge >= 0.3 is 0 Å². The molecule has 2 heterocycles. The minimum Gasteiger partial charge on any atom is -0.464 e. The maximum absolute atomic E-state index is 6.14. The summed E-state index contributed by atoms with van der Waals surface area (Å²) in [5.41, 5.74) is 6.14. The molecule has 1 aromatic heterocycles. The first kappa shape index (κ1) is 10.7. The fraction of sp³-hybridized carbons (Fsp3) is 0.667. The summed E-state index contributed by atoms with van der Waals surface area (Å²) >= 11 is 0. The maximum Gasteiger partial charge on any atom is 0.123 e. The Hall–Kier alpha value is -0.800. The zero-order valence-electron chi connectivity index (χ0n) is 9.40. The summed E-state index contributed by atoms with van der Waals surface area (Å²) in [5.74, 6) is 2.37. The molecule has 1 fully saturated rings. The highest BCUT2D eigenvalue weighted by molar-refractivity contribution is 5.12. The molecule has 3 atom stereocenters. The van der Waals surface area contributed by atoms with Crippen molar-refractivity contribution in [2.75, 3.05) is 6.61 Å². The number of rotatable bonds is 3. The number of furan rings is 1. The second-order valence-electron chi connectivity index (χ2n) is 4.28. The van der Waals surface area contributed by atoms with E-state index >= 15 is 0 Å². The Balaban J connectivity index is 2.09. The first-order chi connectivity index (χ1) is 7.22. The van der Waals surface area contributed by atoms with Crippen molar-refractivity contribution in [3.05, 3.63) is 23.7 Å². The zero-order chi connectivity index (χ0) is 10.8. The van der Waals surface area contributed by atoms with Gasteiger partial charge in [-0.05, 0) is 24.5 Å². The molecule has 1 aliphatic rings. The highest BCUT2D eigenvalue weighted by atomic mass is 16.5. The van der Waals surface area contributed by atoms with Crippen molar-refractivity contribution in [3.63, 3.8) is 0 Å². The van der Waals surface area contributed by atoms with Crippen LogP contribution < -0.4 is 5.73 Å². The summed E-state index contributed by atoms with van der Waals surface area (Å²) in [5, 5.41) is 0. The molecule has 0 bridgehead atoms. The molecule has 3 heteroatoms. The molecule has 0 aliphatic carbocycles. The van der Waals surface area contributed by atoms with Gasteiger partial charge in [-0.25, -0.2) is 0 Å². The topological polar surface area (TPSA) is 48.4 Å². The average molecular weight is 209 g/mol. The van der Waals surface area contributed by atoms with Crippen LogP contribution >= 0.6 is 0 Å². The highest BCUT2D eigenvalue weighted by Crippen LogP contribution is 2.30. The predicted molar refractivity (Wildman–Crippen MR) is 58.5 cm³/mol. The summed E-state index contributed by atoms with van der Waals surface area (Å²) in [6, 6.07) is 3.84. The van der Waals surface area contributed by atoms with Crippen LogP contribution in [0.3, 0.4) is 0 Å². The fourth-order valence-corrected chi connectivity index (χ4v) is 2.10. The van der Waals surface area contributed by atoms with Crippen LogP contribution in [0.5, 0.6) is 0 Å². The molecule has 2 N–H and O–H groups in total. The summed E-state index contributed by atoms with van der Waals surface area (Å²) in [4.78, 5) is 0. The lowest BCUT2D eigenvalue weighted by atomic mass is 9.97. The largest absolute Gasteiger partial charge is 0.464 e. The smallest absolute Gasteiger partial charge is 0.123 e. The Morgan fingerprint density at radius 3 is 2.87 bits per heavy atom. The van der Waals surface area contributed by atoms with Gasteiger partial charge in [0.15, 0.2) is 0 Å². The van der Waals surface area contributed by atoms with Gasteiger partial charge in [0.05, 0.1) is 12.1 Å². The minimum atomic E-state index is -0.122. The van der Waals surface area contributed by atoms with Crippen LogP contribution in [0.25, 0.3) is 0 Å². The van der Waals surface area contributed by atoms with Gasteiger partial charge in [0.2, 0.25) is 0 Å². The van der Waals surface area contributed by atoms with E-state index in [0.717, 1.165) is 31.0 Å². The van der Waals surface area contributed by atoms with Gasteiger partial charge in [0.25, 0.3) is 0 Å². The normalized spacial score (nSPS) is 28.2. The molecule has 2 rings (SSSR count). The van der Waals surface area contributed by atoms with Gasteiger partial charge < -0.3 is 14.9 Å². The van der Waals surface area contributed by atoms with Gasteiger partial charge in [-0.15, -0.1) is 0 Å². The molecule has 84 valence electrons. The molecule has 0 saturated carbocycles. The van der Waals surface area contributed by atoms with E-state index in [1.54, 1.807) is 0 Å². The third kappa shape index (κ3) is 2.08. The minimum absolute atomic E-state index is 0.112. The van der Waals surface area contributed by atoms with E-state index in [0.29, 0.717) is 5.92 Å². The van der Waals surface area contributed by atoms with Gasteiger partial charge in [0.1, 0.15) is 11.5 Å². The zero-order valence-corrected chi connectivity index (χ0v) is 9.40. The molecule has 0 spiro atoms. The van der Waals surface area contributed by atoms with Gasteiger partial charge in [0, 0.05) is 13.0 Å². The van der Waals surface area contributed by atoms with Gasteiger partial charge in [-0.3, -0.25) is 0 Å². The lowest BCUT2D eigenvalue weighted by Crippen LogP contribution is -2.29. The van der Waals surface area contributed by atoms with E-state index in [1.807, 2.05) is 12.1 Å². The molecule has 0 radical (unpaired) electrons. The number of nitrogens with two attached hydrogens (primary N) is 1. The average Bonchev–Trinajstić information content (AvgIpc) is 2.84. The summed E-state index contributed by atoms with van der Waals surface area (Å²) in [6.45, 7) is 5.07. The quantitative estimate of drug-likeness (QED) is 0.830. The van der Waals surface area contributed by atoms with Crippen LogP contribution in [-0.4, -0.2) is 12.7 Å². The second-order valence-corrected chi connectivity index (χ2v) is 4.28. The predicted octanol–water partition coefficient (Wildman–Crippen LogP) is 2.27. The van der Waals surface area contributed by atoms with Crippen LogP contribution in [0.1, 0.15) is 37.8 Å². The van der Waals surface area contributed by atoms with Crippen LogP contribution in [0.2, 0.25) is 0 Å². The van der Waals surface area contributed by atoms with E-state index in [1.165, 1.54) is 0 Å². The van der Waals surface area contributed by atoms with Crippen LogP contribution in [-0.2, 0) is 11.2 Å². The molecule has 0 aromatic carbocycles. The monoisotopic (exact) mass is 209 g/mol. The maximum atomic E-state index is 6.14.